The molecule has 0 fully saturated rings. The predicted molar refractivity (Wildman–Crippen MR) is 48.9 cm³/mol. The van der Waals surface area contributed by atoms with Crippen molar-refractivity contribution in [2.45, 2.75) is 13.0 Å². The van der Waals surface area contributed by atoms with Gasteiger partial charge in [-0.15, -0.1) is 0 Å². The largest absolute Gasteiger partial charge is 0.387 e. The molecule has 3 nitrogen and oxygen atoms in total. The lowest BCUT2D eigenvalue weighted by molar-refractivity contribution is 0.175. The number of hydrogen-bond acceptors (Lipinski definition) is 2. The first kappa shape index (κ1) is 9.29. The summed E-state index contributed by atoms with van der Waals surface area (Å²) in [5.74, 6) is 0. The molecule has 12 heavy (non-hydrogen) atoms. The number of likely N-dealkylation sites (N-methyl/N-ethyl adjacent to an activating group) is 1. The van der Waals surface area contributed by atoms with Gasteiger partial charge in [0.1, 0.15) is 0 Å². The molecule has 1 atom stereocenters. The van der Waals surface area contributed by atoms with Gasteiger partial charge in [0, 0.05) is 26.0 Å². The molecule has 1 aromatic rings. The smallest absolute Gasteiger partial charge is 0.0928 e. The van der Waals surface area contributed by atoms with Crippen molar-refractivity contribution in [3.05, 3.63) is 24.0 Å². The van der Waals surface area contributed by atoms with E-state index < -0.39 is 0 Å². The number of rotatable bonds is 4. The van der Waals surface area contributed by atoms with Crippen LogP contribution >= 0.6 is 0 Å². The van der Waals surface area contributed by atoms with Crippen LogP contribution in [0.2, 0.25) is 0 Å². The lowest BCUT2D eigenvalue weighted by atomic mass is 10.2. The van der Waals surface area contributed by atoms with E-state index in [9.17, 15) is 5.11 Å². The van der Waals surface area contributed by atoms with Crippen LogP contribution in [0.5, 0.6) is 0 Å². The van der Waals surface area contributed by atoms with Crippen LogP contribution in [0.1, 0.15) is 18.6 Å². The van der Waals surface area contributed by atoms with E-state index in [0.717, 1.165) is 12.1 Å². The number of aryl methyl sites for hydroxylation is 1. The van der Waals surface area contributed by atoms with Gasteiger partial charge >= 0.3 is 0 Å². The second kappa shape index (κ2) is 4.28. The molecule has 0 amide bonds. The van der Waals surface area contributed by atoms with Gasteiger partial charge in [0.05, 0.1) is 6.10 Å². The van der Waals surface area contributed by atoms with E-state index in [0.29, 0.717) is 6.54 Å². The van der Waals surface area contributed by atoms with Crippen LogP contribution < -0.4 is 5.32 Å². The van der Waals surface area contributed by atoms with Gasteiger partial charge in [-0.25, -0.2) is 0 Å². The Kier molecular flexibility index (Phi) is 3.31. The molecule has 0 aliphatic heterocycles. The number of aliphatic hydroxyl groups is 1. The van der Waals surface area contributed by atoms with Crippen LogP contribution in [0.3, 0.4) is 0 Å². The summed E-state index contributed by atoms with van der Waals surface area (Å²) in [6, 6.07) is 1.93. The Hall–Kier alpha value is -0.800. The van der Waals surface area contributed by atoms with Gasteiger partial charge in [0.15, 0.2) is 0 Å². The van der Waals surface area contributed by atoms with Gasteiger partial charge in [0.25, 0.3) is 0 Å². The molecule has 0 radical (unpaired) electrons. The fraction of sp³-hybridized carbons (Fsp3) is 0.556. The molecular formula is C9H16N2O. The predicted octanol–water partition coefficient (Wildman–Crippen LogP) is 0.668. The summed E-state index contributed by atoms with van der Waals surface area (Å²) < 4.78 is 1.94. The third-order valence-electron chi connectivity index (χ3n) is 1.83. The lowest BCUT2D eigenvalue weighted by Gasteiger charge is -2.08. The monoisotopic (exact) mass is 168 g/mol. The van der Waals surface area contributed by atoms with Gasteiger partial charge in [-0.2, -0.15) is 0 Å². The van der Waals surface area contributed by atoms with Crippen molar-refractivity contribution in [2.24, 2.45) is 7.05 Å². The molecule has 0 aliphatic rings. The Balaban J connectivity index is 2.47. The summed E-state index contributed by atoms with van der Waals surface area (Å²) in [6.07, 6.45) is 3.48. The minimum atomic E-state index is -0.383. The molecule has 3 heteroatoms. The molecule has 1 heterocycles. The van der Waals surface area contributed by atoms with Crippen LogP contribution in [0.25, 0.3) is 0 Å². The Bertz CT molecular complexity index is 232. The van der Waals surface area contributed by atoms with Gasteiger partial charge in [-0.3, -0.25) is 0 Å². The van der Waals surface area contributed by atoms with E-state index in [-0.39, 0.29) is 6.10 Å². The minimum Gasteiger partial charge on any atom is -0.387 e. The quantitative estimate of drug-likeness (QED) is 0.693. The zero-order valence-corrected chi connectivity index (χ0v) is 7.62. The highest BCUT2D eigenvalue weighted by molar-refractivity contribution is 5.13. The topological polar surface area (TPSA) is 37.2 Å². The van der Waals surface area contributed by atoms with Crippen molar-refractivity contribution in [2.75, 3.05) is 13.1 Å². The van der Waals surface area contributed by atoms with Gasteiger partial charge in [-0.1, -0.05) is 6.92 Å². The summed E-state index contributed by atoms with van der Waals surface area (Å²) in [7, 11) is 1.95. The van der Waals surface area contributed by atoms with Crippen LogP contribution in [0.15, 0.2) is 18.5 Å². The zero-order valence-electron chi connectivity index (χ0n) is 7.62. The minimum absolute atomic E-state index is 0.383. The molecule has 1 unspecified atom stereocenters. The first-order valence-electron chi connectivity index (χ1n) is 4.24. The highest BCUT2D eigenvalue weighted by Crippen LogP contribution is 2.10. The van der Waals surface area contributed by atoms with Crippen molar-refractivity contribution in [1.82, 2.24) is 9.88 Å². The number of aliphatic hydroxyl groups excluding tert-OH is 1. The van der Waals surface area contributed by atoms with E-state index in [2.05, 4.69) is 5.32 Å². The first-order valence-corrected chi connectivity index (χ1v) is 4.24. The third-order valence-corrected chi connectivity index (χ3v) is 1.83. The van der Waals surface area contributed by atoms with Crippen molar-refractivity contribution in [1.29, 1.82) is 0 Å². The summed E-state index contributed by atoms with van der Waals surface area (Å²) >= 11 is 0. The van der Waals surface area contributed by atoms with Crippen molar-refractivity contribution < 1.29 is 5.11 Å². The van der Waals surface area contributed by atoms with Crippen molar-refractivity contribution in [3.8, 4) is 0 Å². The summed E-state index contributed by atoms with van der Waals surface area (Å²) in [5.41, 5.74) is 0.971. The van der Waals surface area contributed by atoms with E-state index in [1.54, 1.807) is 0 Å². The number of hydrogen-bond donors (Lipinski definition) is 2. The molecular weight excluding hydrogens is 152 g/mol. The fourth-order valence-corrected chi connectivity index (χ4v) is 1.12. The number of nitrogens with one attached hydrogen (secondary N) is 1. The normalized spacial score (nSPS) is 13.2. The molecule has 0 aliphatic carbocycles. The van der Waals surface area contributed by atoms with Crippen molar-refractivity contribution in [3.63, 3.8) is 0 Å². The van der Waals surface area contributed by atoms with E-state index >= 15 is 0 Å². The van der Waals surface area contributed by atoms with Crippen molar-refractivity contribution >= 4 is 0 Å². The maximum atomic E-state index is 9.59. The molecule has 0 saturated carbocycles. The average Bonchev–Trinajstić information content (AvgIpc) is 2.47. The summed E-state index contributed by atoms with van der Waals surface area (Å²) in [5, 5.41) is 12.7. The Morgan fingerprint density at radius 1 is 1.67 bits per heavy atom. The zero-order chi connectivity index (χ0) is 8.97. The van der Waals surface area contributed by atoms with Gasteiger partial charge in [0.2, 0.25) is 0 Å². The van der Waals surface area contributed by atoms with Gasteiger partial charge < -0.3 is 15.0 Å². The van der Waals surface area contributed by atoms with E-state index in [4.69, 9.17) is 0 Å². The molecule has 0 saturated heterocycles. The summed E-state index contributed by atoms with van der Waals surface area (Å²) in [6.45, 7) is 3.54. The third kappa shape index (κ3) is 2.36. The molecule has 2 N–H and O–H groups in total. The SMILES string of the molecule is CCNCC(O)c1ccn(C)c1. The average molecular weight is 168 g/mol. The van der Waals surface area contributed by atoms with Crippen LogP contribution in [-0.2, 0) is 7.05 Å². The number of aromatic nitrogens is 1. The standard InChI is InChI=1S/C9H16N2O/c1-3-10-6-9(12)8-4-5-11(2)7-8/h4-5,7,9-10,12H,3,6H2,1-2H3. The first-order chi connectivity index (χ1) is 5.74. The molecule has 0 spiro atoms. The molecule has 68 valence electrons. The maximum Gasteiger partial charge on any atom is 0.0928 e. The van der Waals surface area contributed by atoms with Crippen LogP contribution in [-0.4, -0.2) is 22.8 Å². The van der Waals surface area contributed by atoms with Gasteiger partial charge in [-0.05, 0) is 18.2 Å². The molecule has 1 rings (SSSR count). The fourth-order valence-electron chi connectivity index (χ4n) is 1.12. The van der Waals surface area contributed by atoms with E-state index in [1.165, 1.54) is 0 Å². The molecule has 0 bridgehead atoms. The molecule has 0 aromatic carbocycles. The summed E-state index contributed by atoms with van der Waals surface area (Å²) in [4.78, 5) is 0. The molecule has 1 aromatic heterocycles. The lowest BCUT2D eigenvalue weighted by Crippen LogP contribution is -2.20. The maximum absolute atomic E-state index is 9.59. The highest BCUT2D eigenvalue weighted by Gasteiger charge is 2.06. The Labute approximate surface area is 73.0 Å². The Morgan fingerprint density at radius 2 is 2.42 bits per heavy atom. The van der Waals surface area contributed by atoms with E-state index in [1.807, 2.05) is 37.0 Å². The number of nitrogens with zero attached hydrogens (tertiary/aromatic N) is 1. The second-order valence-electron chi connectivity index (χ2n) is 2.93. The van der Waals surface area contributed by atoms with Crippen LogP contribution in [0.4, 0.5) is 0 Å². The van der Waals surface area contributed by atoms with Crippen LogP contribution in [0, 0.1) is 0 Å². The Morgan fingerprint density at radius 3 is 2.92 bits per heavy atom. The highest BCUT2D eigenvalue weighted by atomic mass is 16.3. The second-order valence-corrected chi connectivity index (χ2v) is 2.93.